The third-order valence-electron chi connectivity index (χ3n) is 2.36. The zero-order valence-corrected chi connectivity index (χ0v) is 12.2. The number of nitrogens with zero attached hydrogens (tertiary/aromatic N) is 2. The predicted octanol–water partition coefficient (Wildman–Crippen LogP) is 3.89. The third-order valence-corrected chi connectivity index (χ3v) is 2.86. The summed E-state index contributed by atoms with van der Waals surface area (Å²) >= 11 is 3.44. The largest absolute Gasteiger partial charge is 0.366 e. The molecule has 1 heterocycles. The van der Waals surface area contributed by atoms with E-state index in [2.05, 4.69) is 43.1 Å². The van der Waals surface area contributed by atoms with Crippen LogP contribution in [0.2, 0.25) is 0 Å². The van der Waals surface area contributed by atoms with Crippen molar-refractivity contribution < 1.29 is 0 Å². The van der Waals surface area contributed by atoms with Crippen molar-refractivity contribution in [1.29, 1.82) is 0 Å². The standard InChI is InChI=1S/C14H15BrN4/c1-3-7-16-13-9-14(18-10(2)17-13)19-12-6-4-5-11(15)8-12/h3-6,8-9H,1,7H2,2H3,(H2,16,17,18,19). The van der Waals surface area contributed by atoms with Gasteiger partial charge in [0.05, 0.1) is 0 Å². The highest BCUT2D eigenvalue weighted by molar-refractivity contribution is 9.10. The van der Waals surface area contributed by atoms with Gasteiger partial charge in [0.1, 0.15) is 17.5 Å². The van der Waals surface area contributed by atoms with Crippen molar-refractivity contribution in [3.63, 3.8) is 0 Å². The molecule has 0 aliphatic rings. The first-order chi connectivity index (χ1) is 9.17. The maximum absolute atomic E-state index is 4.36. The van der Waals surface area contributed by atoms with Gasteiger partial charge < -0.3 is 10.6 Å². The topological polar surface area (TPSA) is 49.8 Å². The monoisotopic (exact) mass is 318 g/mol. The molecule has 4 nitrogen and oxygen atoms in total. The second kappa shape index (κ2) is 6.33. The average Bonchev–Trinajstić information content (AvgIpc) is 2.35. The molecule has 98 valence electrons. The molecular formula is C14H15BrN4. The molecule has 1 aromatic carbocycles. The molecule has 0 unspecified atom stereocenters. The Balaban J connectivity index is 2.19. The number of aromatic nitrogens is 2. The van der Waals surface area contributed by atoms with Crippen molar-refractivity contribution in [3.8, 4) is 0 Å². The summed E-state index contributed by atoms with van der Waals surface area (Å²) in [5.74, 6) is 2.26. The Hall–Kier alpha value is -1.88. The van der Waals surface area contributed by atoms with E-state index in [1.54, 1.807) is 6.08 Å². The molecule has 0 aliphatic carbocycles. The number of hydrogen-bond donors (Lipinski definition) is 2. The first kappa shape index (κ1) is 13.5. The number of benzene rings is 1. The number of aryl methyl sites for hydroxylation is 1. The number of halogens is 1. The van der Waals surface area contributed by atoms with Gasteiger partial charge in [-0.1, -0.05) is 28.1 Å². The fourth-order valence-corrected chi connectivity index (χ4v) is 2.01. The molecule has 0 amide bonds. The zero-order valence-electron chi connectivity index (χ0n) is 10.7. The van der Waals surface area contributed by atoms with E-state index >= 15 is 0 Å². The summed E-state index contributed by atoms with van der Waals surface area (Å²) in [6.45, 7) is 6.21. The fourth-order valence-electron chi connectivity index (χ4n) is 1.61. The van der Waals surface area contributed by atoms with E-state index in [0.29, 0.717) is 12.4 Å². The minimum absolute atomic E-state index is 0.673. The quantitative estimate of drug-likeness (QED) is 0.821. The average molecular weight is 319 g/mol. The zero-order chi connectivity index (χ0) is 13.7. The van der Waals surface area contributed by atoms with Gasteiger partial charge in [-0.05, 0) is 25.1 Å². The molecule has 0 atom stereocenters. The molecule has 0 fully saturated rings. The second-order valence-corrected chi connectivity index (χ2v) is 4.91. The molecule has 19 heavy (non-hydrogen) atoms. The van der Waals surface area contributed by atoms with Crippen LogP contribution >= 0.6 is 15.9 Å². The second-order valence-electron chi connectivity index (χ2n) is 3.99. The summed E-state index contributed by atoms with van der Waals surface area (Å²) in [6, 6.07) is 9.80. The van der Waals surface area contributed by atoms with Crippen LogP contribution in [0.15, 0.2) is 47.5 Å². The number of rotatable bonds is 5. The highest BCUT2D eigenvalue weighted by Crippen LogP contribution is 2.20. The summed E-state index contributed by atoms with van der Waals surface area (Å²) in [5, 5.41) is 6.41. The molecule has 2 N–H and O–H groups in total. The van der Waals surface area contributed by atoms with Gasteiger partial charge in [-0.3, -0.25) is 0 Å². The van der Waals surface area contributed by atoms with Gasteiger partial charge in [0.25, 0.3) is 0 Å². The molecule has 2 aromatic rings. The lowest BCUT2D eigenvalue weighted by atomic mass is 10.3. The summed E-state index contributed by atoms with van der Waals surface area (Å²) in [5.41, 5.74) is 0.974. The Morgan fingerprint density at radius 3 is 2.79 bits per heavy atom. The van der Waals surface area contributed by atoms with Crippen LogP contribution in [0.5, 0.6) is 0 Å². The maximum Gasteiger partial charge on any atom is 0.136 e. The Labute approximate surface area is 121 Å². The first-order valence-corrected chi connectivity index (χ1v) is 6.70. The first-order valence-electron chi connectivity index (χ1n) is 5.90. The number of nitrogens with one attached hydrogen (secondary N) is 2. The number of hydrogen-bond acceptors (Lipinski definition) is 4. The Kier molecular flexibility index (Phi) is 4.52. The molecule has 0 saturated carbocycles. The third kappa shape index (κ3) is 4.06. The molecule has 1 aromatic heterocycles. The van der Waals surface area contributed by atoms with Crippen LogP contribution < -0.4 is 10.6 Å². The van der Waals surface area contributed by atoms with Crippen molar-refractivity contribution in [2.24, 2.45) is 0 Å². The van der Waals surface area contributed by atoms with Crippen LogP contribution in [0, 0.1) is 6.92 Å². The van der Waals surface area contributed by atoms with E-state index < -0.39 is 0 Å². The van der Waals surface area contributed by atoms with Gasteiger partial charge >= 0.3 is 0 Å². The smallest absolute Gasteiger partial charge is 0.136 e. The van der Waals surface area contributed by atoms with E-state index in [-0.39, 0.29) is 0 Å². The van der Waals surface area contributed by atoms with Gasteiger partial charge in [0.15, 0.2) is 0 Å². The van der Waals surface area contributed by atoms with E-state index in [1.807, 2.05) is 37.3 Å². The molecule has 0 saturated heterocycles. The highest BCUT2D eigenvalue weighted by Gasteiger charge is 2.02. The Morgan fingerprint density at radius 2 is 2.05 bits per heavy atom. The van der Waals surface area contributed by atoms with Gasteiger partial charge in [-0.2, -0.15) is 0 Å². The summed E-state index contributed by atoms with van der Waals surface area (Å²) < 4.78 is 1.02. The van der Waals surface area contributed by atoms with Crippen molar-refractivity contribution in [1.82, 2.24) is 9.97 Å². The lowest BCUT2D eigenvalue weighted by Gasteiger charge is -2.09. The summed E-state index contributed by atoms with van der Waals surface area (Å²) in [6.07, 6.45) is 1.79. The minimum atomic E-state index is 0.673. The highest BCUT2D eigenvalue weighted by atomic mass is 79.9. The molecule has 0 bridgehead atoms. The molecular weight excluding hydrogens is 304 g/mol. The molecule has 2 rings (SSSR count). The van der Waals surface area contributed by atoms with E-state index in [0.717, 1.165) is 21.8 Å². The van der Waals surface area contributed by atoms with Crippen LogP contribution in [0.4, 0.5) is 17.3 Å². The Bertz CT molecular complexity index is 583. The molecule has 0 spiro atoms. The molecule has 0 radical (unpaired) electrons. The maximum atomic E-state index is 4.36. The molecule has 5 heteroatoms. The van der Waals surface area contributed by atoms with Gasteiger partial charge in [-0.25, -0.2) is 9.97 Å². The summed E-state index contributed by atoms with van der Waals surface area (Å²) in [7, 11) is 0. The van der Waals surface area contributed by atoms with Gasteiger partial charge in [0, 0.05) is 22.8 Å². The SMILES string of the molecule is C=CCNc1cc(Nc2cccc(Br)c2)nc(C)n1. The van der Waals surface area contributed by atoms with Crippen molar-refractivity contribution in [3.05, 3.63) is 53.3 Å². The van der Waals surface area contributed by atoms with Gasteiger partial charge in [0.2, 0.25) is 0 Å². The van der Waals surface area contributed by atoms with Crippen LogP contribution in [0.3, 0.4) is 0 Å². The fraction of sp³-hybridized carbons (Fsp3) is 0.143. The van der Waals surface area contributed by atoms with Crippen LogP contribution in [-0.2, 0) is 0 Å². The van der Waals surface area contributed by atoms with Crippen molar-refractivity contribution in [2.75, 3.05) is 17.2 Å². The minimum Gasteiger partial charge on any atom is -0.366 e. The number of anilines is 3. The van der Waals surface area contributed by atoms with E-state index in [4.69, 9.17) is 0 Å². The lowest BCUT2D eigenvalue weighted by molar-refractivity contribution is 1.05. The lowest BCUT2D eigenvalue weighted by Crippen LogP contribution is -2.04. The van der Waals surface area contributed by atoms with Crippen molar-refractivity contribution >= 4 is 33.3 Å². The molecule has 0 aliphatic heterocycles. The Morgan fingerprint density at radius 1 is 1.26 bits per heavy atom. The van der Waals surface area contributed by atoms with Crippen LogP contribution in [0.25, 0.3) is 0 Å². The summed E-state index contributed by atoms with van der Waals surface area (Å²) in [4.78, 5) is 8.67. The van der Waals surface area contributed by atoms with E-state index in [1.165, 1.54) is 0 Å². The van der Waals surface area contributed by atoms with Crippen LogP contribution in [-0.4, -0.2) is 16.5 Å². The van der Waals surface area contributed by atoms with Gasteiger partial charge in [-0.15, -0.1) is 6.58 Å². The predicted molar refractivity (Wildman–Crippen MR) is 82.9 cm³/mol. The normalized spacial score (nSPS) is 10.0. The van der Waals surface area contributed by atoms with Crippen molar-refractivity contribution in [2.45, 2.75) is 6.92 Å². The van der Waals surface area contributed by atoms with Crippen LogP contribution in [0.1, 0.15) is 5.82 Å². The van der Waals surface area contributed by atoms with E-state index in [9.17, 15) is 0 Å².